The molecule has 19 heavy (non-hydrogen) atoms. The van der Waals surface area contributed by atoms with Crippen molar-refractivity contribution in [2.75, 3.05) is 32.9 Å². The van der Waals surface area contributed by atoms with Crippen LogP contribution in [0.15, 0.2) is 0 Å². The number of ether oxygens (including phenoxy) is 1. The predicted molar refractivity (Wildman–Crippen MR) is 70.7 cm³/mol. The van der Waals surface area contributed by atoms with Crippen molar-refractivity contribution >= 4 is 5.91 Å². The van der Waals surface area contributed by atoms with Crippen molar-refractivity contribution in [3.05, 3.63) is 0 Å². The van der Waals surface area contributed by atoms with Crippen molar-refractivity contribution in [1.82, 2.24) is 10.2 Å². The number of aliphatic hydroxyl groups is 1. The van der Waals surface area contributed by atoms with E-state index in [4.69, 9.17) is 4.74 Å². The molecule has 2 saturated heterocycles. The summed E-state index contributed by atoms with van der Waals surface area (Å²) >= 11 is 0. The summed E-state index contributed by atoms with van der Waals surface area (Å²) in [6, 6.07) is 0.0199. The van der Waals surface area contributed by atoms with Gasteiger partial charge in [-0.25, -0.2) is 0 Å². The highest BCUT2D eigenvalue weighted by Gasteiger charge is 2.44. The van der Waals surface area contributed by atoms with Crippen LogP contribution < -0.4 is 5.32 Å². The monoisotopic (exact) mass is 268 g/mol. The number of amides is 1. The van der Waals surface area contributed by atoms with Crippen molar-refractivity contribution in [1.29, 1.82) is 0 Å². The van der Waals surface area contributed by atoms with Gasteiger partial charge in [-0.1, -0.05) is 0 Å². The Hall–Kier alpha value is -0.650. The minimum absolute atomic E-state index is 0.0199. The Balaban J connectivity index is 1.66. The van der Waals surface area contributed by atoms with Crippen molar-refractivity contribution < 1.29 is 14.6 Å². The van der Waals surface area contributed by atoms with E-state index in [1.807, 2.05) is 0 Å². The highest BCUT2D eigenvalue weighted by molar-refractivity contribution is 5.83. The second-order valence-corrected chi connectivity index (χ2v) is 6.26. The molecule has 1 aliphatic carbocycles. The molecule has 3 fully saturated rings. The van der Waals surface area contributed by atoms with Crippen LogP contribution >= 0.6 is 0 Å². The van der Waals surface area contributed by atoms with Gasteiger partial charge in [-0.15, -0.1) is 0 Å². The fourth-order valence-electron chi connectivity index (χ4n) is 3.32. The summed E-state index contributed by atoms with van der Waals surface area (Å²) < 4.78 is 5.35. The van der Waals surface area contributed by atoms with E-state index in [9.17, 15) is 9.90 Å². The van der Waals surface area contributed by atoms with Crippen molar-refractivity contribution in [3.63, 3.8) is 0 Å². The van der Waals surface area contributed by atoms with E-state index < -0.39 is 5.54 Å². The first-order valence-electron chi connectivity index (χ1n) is 7.49. The van der Waals surface area contributed by atoms with Crippen LogP contribution in [-0.2, 0) is 9.53 Å². The lowest BCUT2D eigenvalue weighted by Crippen LogP contribution is -2.58. The average molecular weight is 268 g/mol. The van der Waals surface area contributed by atoms with Gasteiger partial charge in [-0.3, -0.25) is 9.69 Å². The Morgan fingerprint density at radius 2 is 2.16 bits per heavy atom. The second kappa shape index (κ2) is 5.38. The summed E-state index contributed by atoms with van der Waals surface area (Å²) in [5.74, 6) is 0.625. The lowest BCUT2D eigenvalue weighted by Gasteiger charge is -2.32. The van der Waals surface area contributed by atoms with Gasteiger partial charge >= 0.3 is 0 Å². The standard InChI is InChI=1S/C14H24N2O3/c17-9-14(5-8-19-10-14)15-13(18)12(11-3-4-11)16-6-1-2-7-16/h11-12,17H,1-10H2,(H,15,18). The molecule has 2 aliphatic heterocycles. The predicted octanol–water partition coefficient (Wildman–Crippen LogP) is 0.128. The normalized spacial score (nSPS) is 33.5. The fourth-order valence-corrected chi connectivity index (χ4v) is 3.32. The van der Waals surface area contributed by atoms with E-state index in [0.717, 1.165) is 25.9 Å². The van der Waals surface area contributed by atoms with Crippen LogP contribution in [0.3, 0.4) is 0 Å². The Morgan fingerprint density at radius 1 is 1.42 bits per heavy atom. The lowest BCUT2D eigenvalue weighted by molar-refractivity contribution is -0.129. The Labute approximate surface area is 114 Å². The van der Waals surface area contributed by atoms with E-state index in [1.165, 1.54) is 12.8 Å². The number of likely N-dealkylation sites (tertiary alicyclic amines) is 1. The van der Waals surface area contributed by atoms with E-state index in [1.54, 1.807) is 0 Å². The minimum atomic E-state index is -0.538. The summed E-state index contributed by atoms with van der Waals surface area (Å²) in [7, 11) is 0. The third-order valence-electron chi connectivity index (χ3n) is 4.67. The molecule has 2 heterocycles. The maximum Gasteiger partial charge on any atom is 0.238 e. The number of rotatable bonds is 5. The van der Waals surface area contributed by atoms with Crippen molar-refractivity contribution in [2.24, 2.45) is 5.92 Å². The Morgan fingerprint density at radius 3 is 2.68 bits per heavy atom. The van der Waals surface area contributed by atoms with Gasteiger partial charge in [0.2, 0.25) is 5.91 Å². The maximum absolute atomic E-state index is 12.6. The van der Waals surface area contributed by atoms with Crippen LogP contribution in [0.2, 0.25) is 0 Å². The van der Waals surface area contributed by atoms with E-state index >= 15 is 0 Å². The highest BCUT2D eigenvalue weighted by atomic mass is 16.5. The molecule has 0 aromatic carbocycles. The smallest absolute Gasteiger partial charge is 0.238 e. The zero-order valence-corrected chi connectivity index (χ0v) is 11.4. The molecule has 3 rings (SSSR count). The van der Waals surface area contributed by atoms with Gasteiger partial charge in [0.15, 0.2) is 0 Å². The number of hydrogen-bond donors (Lipinski definition) is 2. The largest absolute Gasteiger partial charge is 0.394 e. The van der Waals surface area contributed by atoms with Crippen LogP contribution in [-0.4, -0.2) is 60.4 Å². The van der Waals surface area contributed by atoms with Gasteiger partial charge in [0, 0.05) is 6.61 Å². The third-order valence-corrected chi connectivity index (χ3v) is 4.67. The van der Waals surface area contributed by atoms with Gasteiger partial charge in [0.25, 0.3) is 0 Å². The van der Waals surface area contributed by atoms with Crippen LogP contribution in [0.1, 0.15) is 32.1 Å². The number of hydrogen-bond acceptors (Lipinski definition) is 4. The van der Waals surface area contributed by atoms with Crippen LogP contribution in [0.25, 0.3) is 0 Å². The fraction of sp³-hybridized carbons (Fsp3) is 0.929. The lowest BCUT2D eigenvalue weighted by atomic mass is 9.98. The summed E-state index contributed by atoms with van der Waals surface area (Å²) in [5, 5.41) is 12.6. The van der Waals surface area contributed by atoms with E-state index in [2.05, 4.69) is 10.2 Å². The molecule has 2 unspecified atom stereocenters. The highest BCUT2D eigenvalue weighted by Crippen LogP contribution is 2.37. The quantitative estimate of drug-likeness (QED) is 0.744. The first kappa shape index (κ1) is 13.3. The number of nitrogens with zero attached hydrogens (tertiary/aromatic N) is 1. The maximum atomic E-state index is 12.6. The zero-order valence-electron chi connectivity index (χ0n) is 11.4. The number of aliphatic hydroxyl groups excluding tert-OH is 1. The minimum Gasteiger partial charge on any atom is -0.394 e. The van der Waals surface area contributed by atoms with Gasteiger partial charge < -0.3 is 15.2 Å². The molecule has 108 valence electrons. The molecule has 1 saturated carbocycles. The van der Waals surface area contributed by atoms with Crippen molar-refractivity contribution in [2.45, 2.75) is 43.7 Å². The Bertz CT molecular complexity index is 332. The molecule has 0 bridgehead atoms. The van der Waals surface area contributed by atoms with Crippen LogP contribution in [0, 0.1) is 5.92 Å². The van der Waals surface area contributed by atoms with Gasteiger partial charge in [0.05, 0.1) is 24.8 Å². The van der Waals surface area contributed by atoms with Gasteiger partial charge in [-0.05, 0) is 51.1 Å². The molecule has 5 nitrogen and oxygen atoms in total. The van der Waals surface area contributed by atoms with E-state index in [0.29, 0.717) is 25.6 Å². The van der Waals surface area contributed by atoms with E-state index in [-0.39, 0.29) is 18.6 Å². The van der Waals surface area contributed by atoms with Crippen molar-refractivity contribution in [3.8, 4) is 0 Å². The molecule has 0 aromatic heterocycles. The molecule has 5 heteroatoms. The molecule has 0 spiro atoms. The molecular weight excluding hydrogens is 244 g/mol. The second-order valence-electron chi connectivity index (χ2n) is 6.26. The molecular formula is C14H24N2O3. The molecule has 0 radical (unpaired) electrons. The summed E-state index contributed by atoms with van der Waals surface area (Å²) in [6.07, 6.45) is 5.44. The average Bonchev–Trinajstić information content (AvgIpc) is 2.92. The molecule has 3 aliphatic rings. The Kier molecular flexibility index (Phi) is 3.78. The SMILES string of the molecule is O=C(NC1(CO)CCOC1)C(C1CC1)N1CCCC1. The topological polar surface area (TPSA) is 61.8 Å². The molecule has 0 aromatic rings. The van der Waals surface area contributed by atoms with Crippen LogP contribution in [0.4, 0.5) is 0 Å². The number of carbonyl (C=O) groups is 1. The molecule has 2 atom stereocenters. The van der Waals surface area contributed by atoms with Gasteiger partial charge in [0.1, 0.15) is 0 Å². The van der Waals surface area contributed by atoms with Crippen LogP contribution in [0.5, 0.6) is 0 Å². The number of nitrogens with one attached hydrogen (secondary N) is 1. The molecule has 2 N–H and O–H groups in total. The first-order valence-corrected chi connectivity index (χ1v) is 7.49. The summed E-state index contributed by atoms with van der Waals surface area (Å²) in [6.45, 7) is 3.11. The third kappa shape index (κ3) is 2.78. The van der Waals surface area contributed by atoms with Gasteiger partial charge in [-0.2, -0.15) is 0 Å². The first-order chi connectivity index (χ1) is 9.24. The number of carbonyl (C=O) groups excluding carboxylic acids is 1. The zero-order chi connectivity index (χ0) is 13.3. The summed E-state index contributed by atoms with van der Waals surface area (Å²) in [4.78, 5) is 14.9. The summed E-state index contributed by atoms with van der Waals surface area (Å²) in [5.41, 5.74) is -0.538. The molecule has 1 amide bonds.